The highest BCUT2D eigenvalue weighted by Gasteiger charge is 2.22. The summed E-state index contributed by atoms with van der Waals surface area (Å²) >= 11 is 0. The first-order valence-electron chi connectivity index (χ1n) is 8.02. The third kappa shape index (κ3) is 6.07. The Morgan fingerprint density at radius 3 is 1.93 bits per heavy atom. The summed E-state index contributed by atoms with van der Waals surface area (Å²) in [5, 5.41) is 6.89. The largest absolute Gasteiger partial charge is 0.352 e. The molecule has 0 aliphatic heterocycles. The topological polar surface area (TPSA) is 113 Å². The minimum absolute atomic E-state index is 0.00211. The van der Waals surface area contributed by atoms with E-state index < -0.39 is 35.5 Å². The molecule has 7 nitrogen and oxygen atoms in total. The van der Waals surface area contributed by atoms with Gasteiger partial charge in [-0.15, -0.1) is 0 Å². The summed E-state index contributed by atoms with van der Waals surface area (Å²) in [4.78, 5) is 35.4. The van der Waals surface area contributed by atoms with Gasteiger partial charge in [-0.3, -0.25) is 9.59 Å². The number of nitrogens with one attached hydrogen (secondary N) is 3. The molecule has 0 heterocycles. The molecule has 0 aromatic heterocycles. The lowest BCUT2D eigenvalue weighted by molar-refractivity contribution is -0.118. The number of carbonyl (C=O) groups is 3. The minimum Gasteiger partial charge on any atom is -0.352 e. The van der Waals surface area contributed by atoms with Gasteiger partial charge in [0.15, 0.2) is 0 Å². The summed E-state index contributed by atoms with van der Waals surface area (Å²) in [5.41, 5.74) is 4.97. The van der Waals surface area contributed by atoms with Crippen molar-refractivity contribution in [1.29, 1.82) is 0 Å². The smallest absolute Gasteiger partial charge is 0.312 e. The zero-order valence-corrected chi connectivity index (χ0v) is 14.2. The van der Waals surface area contributed by atoms with Crippen LogP contribution in [0.3, 0.4) is 0 Å². The Balaban J connectivity index is 1.98. The van der Waals surface area contributed by atoms with Crippen molar-refractivity contribution in [3.63, 3.8) is 0 Å². The maximum atomic E-state index is 13.6. The molecule has 0 spiro atoms. The van der Waals surface area contributed by atoms with Crippen LogP contribution in [0, 0.1) is 11.6 Å². The Morgan fingerprint density at radius 2 is 1.41 bits per heavy atom. The first-order valence-corrected chi connectivity index (χ1v) is 8.02. The van der Waals surface area contributed by atoms with Crippen LogP contribution in [0.15, 0.2) is 48.5 Å². The van der Waals surface area contributed by atoms with Crippen molar-refractivity contribution >= 4 is 29.2 Å². The van der Waals surface area contributed by atoms with Crippen molar-refractivity contribution in [3.05, 3.63) is 60.2 Å². The van der Waals surface area contributed by atoms with Crippen LogP contribution >= 0.6 is 0 Å². The molecule has 1 atom stereocenters. The van der Waals surface area contributed by atoms with Gasteiger partial charge < -0.3 is 21.7 Å². The van der Waals surface area contributed by atoms with Crippen LogP contribution in [0.5, 0.6) is 0 Å². The Kier molecular flexibility index (Phi) is 6.81. The average molecular weight is 376 g/mol. The fourth-order valence-electron chi connectivity index (χ4n) is 2.27. The van der Waals surface area contributed by atoms with Crippen molar-refractivity contribution < 1.29 is 23.2 Å². The molecule has 0 radical (unpaired) electrons. The number of hydrogen-bond donors (Lipinski definition) is 4. The van der Waals surface area contributed by atoms with E-state index in [1.165, 1.54) is 36.4 Å². The van der Waals surface area contributed by atoms with Gasteiger partial charge in [0, 0.05) is 6.42 Å². The van der Waals surface area contributed by atoms with Gasteiger partial charge in [0.25, 0.3) is 0 Å². The Bertz CT molecular complexity index is 845. The Morgan fingerprint density at radius 1 is 0.889 bits per heavy atom. The Hall–Kier alpha value is -3.49. The molecule has 27 heavy (non-hydrogen) atoms. The van der Waals surface area contributed by atoms with E-state index in [-0.39, 0.29) is 24.2 Å². The third-order valence-electron chi connectivity index (χ3n) is 3.57. The van der Waals surface area contributed by atoms with E-state index in [2.05, 4.69) is 16.0 Å². The standard InChI is InChI=1S/C18H18F2N4O3/c19-11-5-1-3-7-13(11)22-16(25)10-9-15(24-18(21)27)17(26)23-14-8-4-2-6-12(14)20/h1-8,15H,9-10H2,(H,22,25)(H,23,26)(H3,21,24,27). The van der Waals surface area contributed by atoms with Crippen LogP contribution in [-0.4, -0.2) is 23.9 Å². The molecule has 0 saturated carbocycles. The first kappa shape index (κ1) is 19.8. The summed E-state index contributed by atoms with van der Waals surface area (Å²) in [6, 6.07) is 8.95. The van der Waals surface area contributed by atoms with Crippen molar-refractivity contribution in [1.82, 2.24) is 5.32 Å². The molecule has 0 aliphatic carbocycles. The van der Waals surface area contributed by atoms with Gasteiger partial charge in [-0.05, 0) is 30.7 Å². The van der Waals surface area contributed by atoms with Gasteiger partial charge in [0.05, 0.1) is 11.4 Å². The zero-order valence-electron chi connectivity index (χ0n) is 14.2. The summed E-state index contributed by atoms with van der Waals surface area (Å²) in [6.07, 6.45) is -0.326. The van der Waals surface area contributed by atoms with Crippen LogP contribution in [0.4, 0.5) is 25.0 Å². The number of amides is 4. The van der Waals surface area contributed by atoms with E-state index in [1.54, 1.807) is 6.07 Å². The number of halogens is 2. The predicted octanol–water partition coefficient (Wildman–Crippen LogP) is 2.36. The van der Waals surface area contributed by atoms with Crippen LogP contribution in [0.2, 0.25) is 0 Å². The van der Waals surface area contributed by atoms with Gasteiger partial charge in [0.1, 0.15) is 17.7 Å². The maximum absolute atomic E-state index is 13.6. The molecule has 4 amide bonds. The number of hydrogen-bond acceptors (Lipinski definition) is 3. The van der Waals surface area contributed by atoms with Gasteiger partial charge in [-0.25, -0.2) is 13.6 Å². The molecular weight excluding hydrogens is 358 g/mol. The van der Waals surface area contributed by atoms with Gasteiger partial charge in [-0.2, -0.15) is 0 Å². The van der Waals surface area contributed by atoms with E-state index in [0.717, 1.165) is 6.07 Å². The van der Waals surface area contributed by atoms with E-state index >= 15 is 0 Å². The monoisotopic (exact) mass is 376 g/mol. The van der Waals surface area contributed by atoms with Crippen molar-refractivity contribution in [2.45, 2.75) is 18.9 Å². The molecule has 2 aromatic rings. The molecule has 1 unspecified atom stereocenters. The van der Waals surface area contributed by atoms with E-state index in [0.29, 0.717) is 0 Å². The molecule has 2 rings (SSSR count). The third-order valence-corrected chi connectivity index (χ3v) is 3.57. The molecule has 142 valence electrons. The van der Waals surface area contributed by atoms with E-state index in [4.69, 9.17) is 5.73 Å². The van der Waals surface area contributed by atoms with E-state index in [1.807, 2.05) is 0 Å². The van der Waals surface area contributed by atoms with Crippen LogP contribution in [0.25, 0.3) is 0 Å². The highest BCUT2D eigenvalue weighted by molar-refractivity contribution is 5.97. The van der Waals surface area contributed by atoms with Gasteiger partial charge in [0.2, 0.25) is 11.8 Å². The normalized spacial score (nSPS) is 11.3. The fourth-order valence-corrected chi connectivity index (χ4v) is 2.27. The van der Waals surface area contributed by atoms with Crippen molar-refractivity contribution in [3.8, 4) is 0 Å². The summed E-state index contributed by atoms with van der Waals surface area (Å²) in [6.45, 7) is 0. The van der Waals surface area contributed by atoms with Crippen molar-refractivity contribution in [2.24, 2.45) is 5.73 Å². The molecule has 0 aliphatic rings. The van der Waals surface area contributed by atoms with Gasteiger partial charge >= 0.3 is 6.03 Å². The highest BCUT2D eigenvalue weighted by atomic mass is 19.1. The Labute approximate surface area is 153 Å². The molecule has 0 fully saturated rings. The number of nitrogens with two attached hydrogens (primary N) is 1. The number of carbonyl (C=O) groups excluding carboxylic acids is 3. The number of para-hydroxylation sites is 2. The lowest BCUT2D eigenvalue weighted by Crippen LogP contribution is -2.46. The van der Waals surface area contributed by atoms with Crippen LogP contribution < -0.4 is 21.7 Å². The second-order valence-corrected chi connectivity index (χ2v) is 5.60. The number of urea groups is 1. The molecular formula is C18H18F2N4O3. The van der Waals surface area contributed by atoms with E-state index in [9.17, 15) is 23.2 Å². The SMILES string of the molecule is NC(=O)NC(CCC(=O)Nc1ccccc1F)C(=O)Nc1ccccc1F. The predicted molar refractivity (Wildman–Crippen MR) is 95.8 cm³/mol. The first-order chi connectivity index (χ1) is 12.9. The number of anilines is 2. The molecule has 2 aromatic carbocycles. The summed E-state index contributed by atoms with van der Waals surface area (Å²) in [7, 11) is 0. The average Bonchev–Trinajstić information content (AvgIpc) is 2.62. The highest BCUT2D eigenvalue weighted by Crippen LogP contribution is 2.15. The minimum atomic E-state index is -1.17. The molecule has 9 heteroatoms. The lowest BCUT2D eigenvalue weighted by Gasteiger charge is -2.17. The lowest BCUT2D eigenvalue weighted by atomic mass is 10.1. The van der Waals surface area contributed by atoms with Crippen LogP contribution in [0.1, 0.15) is 12.8 Å². The number of primary amides is 1. The second kappa shape index (κ2) is 9.27. The number of benzene rings is 2. The molecule has 0 bridgehead atoms. The maximum Gasteiger partial charge on any atom is 0.312 e. The number of rotatable bonds is 7. The second-order valence-electron chi connectivity index (χ2n) is 5.60. The summed E-state index contributed by atoms with van der Waals surface area (Å²) < 4.78 is 27.2. The molecule has 0 saturated heterocycles. The van der Waals surface area contributed by atoms with Crippen molar-refractivity contribution in [2.75, 3.05) is 10.6 Å². The van der Waals surface area contributed by atoms with Gasteiger partial charge in [-0.1, -0.05) is 24.3 Å². The zero-order chi connectivity index (χ0) is 19.8. The fraction of sp³-hybridized carbons (Fsp3) is 0.167. The molecule has 5 N–H and O–H groups in total. The summed E-state index contributed by atoms with van der Waals surface area (Å²) in [5.74, 6) is -2.55. The quantitative estimate of drug-likeness (QED) is 0.595. The van der Waals surface area contributed by atoms with Crippen LogP contribution in [-0.2, 0) is 9.59 Å².